The summed E-state index contributed by atoms with van der Waals surface area (Å²) in [5, 5.41) is 0. The summed E-state index contributed by atoms with van der Waals surface area (Å²) >= 11 is 0. The number of rotatable bonds is 7. The third-order valence-corrected chi connectivity index (χ3v) is 2.30. The number of hydrogen-bond acceptors (Lipinski definition) is 2. The Morgan fingerprint density at radius 2 is 2.07 bits per heavy atom. The second kappa shape index (κ2) is 8.16. The van der Waals surface area contributed by atoms with E-state index in [0.717, 1.165) is 12.2 Å². The molecule has 2 heteroatoms. The number of pyridine rings is 1. The van der Waals surface area contributed by atoms with Crippen molar-refractivity contribution >= 4 is 6.21 Å². The standard InChI is InChI=1S/C13H20N2/c1-2-3-4-5-7-10-14-12-13-9-6-8-11-15-13/h6,8-9,11-12H,2-5,7,10H2,1H3. The molecule has 0 aromatic carbocycles. The normalized spacial score (nSPS) is 11.0. The first-order valence-electron chi connectivity index (χ1n) is 5.84. The third-order valence-electron chi connectivity index (χ3n) is 2.30. The molecule has 0 saturated carbocycles. The monoisotopic (exact) mass is 204 g/mol. The summed E-state index contributed by atoms with van der Waals surface area (Å²) in [6, 6.07) is 5.87. The predicted octanol–water partition coefficient (Wildman–Crippen LogP) is 3.47. The van der Waals surface area contributed by atoms with Crippen molar-refractivity contribution in [1.82, 2.24) is 4.98 Å². The minimum absolute atomic E-state index is 0.931. The Labute approximate surface area is 92.5 Å². The molecular formula is C13H20N2. The predicted molar refractivity (Wildman–Crippen MR) is 65.5 cm³/mol. The lowest BCUT2D eigenvalue weighted by Gasteiger charge is -1.96. The van der Waals surface area contributed by atoms with E-state index < -0.39 is 0 Å². The molecule has 0 bridgehead atoms. The number of aliphatic imine (C=N–C) groups is 1. The molecule has 0 unspecified atom stereocenters. The zero-order valence-corrected chi connectivity index (χ0v) is 9.52. The second-order valence-electron chi connectivity index (χ2n) is 3.70. The van der Waals surface area contributed by atoms with E-state index in [1.54, 1.807) is 6.20 Å². The van der Waals surface area contributed by atoms with Crippen LogP contribution in [0.5, 0.6) is 0 Å². The number of aromatic nitrogens is 1. The van der Waals surface area contributed by atoms with Gasteiger partial charge in [-0.05, 0) is 18.6 Å². The minimum Gasteiger partial charge on any atom is -0.291 e. The topological polar surface area (TPSA) is 25.2 Å². The second-order valence-corrected chi connectivity index (χ2v) is 3.70. The van der Waals surface area contributed by atoms with Gasteiger partial charge < -0.3 is 0 Å². The highest BCUT2D eigenvalue weighted by Crippen LogP contribution is 2.02. The van der Waals surface area contributed by atoms with Gasteiger partial charge in [-0.1, -0.05) is 38.7 Å². The van der Waals surface area contributed by atoms with Crippen molar-refractivity contribution in [3.05, 3.63) is 30.1 Å². The SMILES string of the molecule is CCCCCCCN=Cc1ccccn1. The highest BCUT2D eigenvalue weighted by Gasteiger charge is 1.88. The van der Waals surface area contributed by atoms with Gasteiger partial charge in [0.15, 0.2) is 0 Å². The summed E-state index contributed by atoms with van der Waals surface area (Å²) < 4.78 is 0. The Balaban J connectivity index is 2.07. The van der Waals surface area contributed by atoms with E-state index in [2.05, 4.69) is 16.9 Å². The molecule has 0 fully saturated rings. The summed E-state index contributed by atoms with van der Waals surface area (Å²) in [6.07, 6.45) is 10.1. The third kappa shape index (κ3) is 6.00. The van der Waals surface area contributed by atoms with Crippen LogP contribution in [0.2, 0.25) is 0 Å². The maximum atomic E-state index is 4.35. The van der Waals surface area contributed by atoms with Gasteiger partial charge >= 0.3 is 0 Å². The van der Waals surface area contributed by atoms with E-state index in [0.29, 0.717) is 0 Å². The fraction of sp³-hybridized carbons (Fsp3) is 0.538. The summed E-state index contributed by atoms with van der Waals surface area (Å²) in [5.41, 5.74) is 0.950. The van der Waals surface area contributed by atoms with Crippen LogP contribution in [0.1, 0.15) is 44.7 Å². The molecule has 0 radical (unpaired) electrons. The van der Waals surface area contributed by atoms with Gasteiger partial charge in [-0.3, -0.25) is 9.98 Å². The molecule has 0 aliphatic rings. The van der Waals surface area contributed by atoms with Crippen LogP contribution in [-0.2, 0) is 0 Å². The number of nitrogens with zero attached hydrogens (tertiary/aromatic N) is 2. The molecule has 1 rings (SSSR count). The highest BCUT2D eigenvalue weighted by atomic mass is 14.7. The Kier molecular flexibility index (Phi) is 6.47. The van der Waals surface area contributed by atoms with Gasteiger partial charge in [0.1, 0.15) is 0 Å². The Morgan fingerprint density at radius 1 is 1.20 bits per heavy atom. The van der Waals surface area contributed by atoms with Crippen molar-refractivity contribution < 1.29 is 0 Å². The van der Waals surface area contributed by atoms with Crippen LogP contribution in [0.3, 0.4) is 0 Å². The maximum absolute atomic E-state index is 4.35. The van der Waals surface area contributed by atoms with Crippen LogP contribution < -0.4 is 0 Å². The first-order chi connectivity index (χ1) is 7.43. The van der Waals surface area contributed by atoms with Crippen LogP contribution >= 0.6 is 0 Å². The van der Waals surface area contributed by atoms with Crippen LogP contribution in [0.15, 0.2) is 29.4 Å². The van der Waals surface area contributed by atoms with Crippen molar-refractivity contribution in [2.24, 2.45) is 4.99 Å². The molecule has 1 aromatic rings. The van der Waals surface area contributed by atoms with Gasteiger partial charge in [-0.2, -0.15) is 0 Å². The van der Waals surface area contributed by atoms with E-state index in [1.807, 2.05) is 24.4 Å². The fourth-order valence-corrected chi connectivity index (χ4v) is 1.42. The van der Waals surface area contributed by atoms with Crippen molar-refractivity contribution in [3.8, 4) is 0 Å². The Bertz CT molecular complexity index is 267. The summed E-state index contributed by atoms with van der Waals surface area (Å²) in [7, 11) is 0. The van der Waals surface area contributed by atoms with Crippen LogP contribution in [0.25, 0.3) is 0 Å². The molecule has 82 valence electrons. The summed E-state index contributed by atoms with van der Waals surface area (Å²) in [4.78, 5) is 8.53. The molecule has 0 amide bonds. The van der Waals surface area contributed by atoms with E-state index in [-0.39, 0.29) is 0 Å². The number of unbranched alkanes of at least 4 members (excludes halogenated alkanes) is 4. The van der Waals surface area contributed by atoms with Gasteiger partial charge in [0.05, 0.1) is 5.69 Å². The average Bonchev–Trinajstić information content (AvgIpc) is 2.29. The molecule has 1 aromatic heterocycles. The zero-order chi connectivity index (χ0) is 10.8. The van der Waals surface area contributed by atoms with Gasteiger partial charge in [-0.15, -0.1) is 0 Å². The summed E-state index contributed by atoms with van der Waals surface area (Å²) in [6.45, 7) is 3.17. The lowest BCUT2D eigenvalue weighted by molar-refractivity contribution is 0.639. The molecule has 0 N–H and O–H groups in total. The Morgan fingerprint density at radius 3 is 2.80 bits per heavy atom. The van der Waals surface area contributed by atoms with E-state index in [1.165, 1.54) is 32.1 Å². The lowest BCUT2D eigenvalue weighted by atomic mass is 10.2. The minimum atomic E-state index is 0.931. The smallest absolute Gasteiger partial charge is 0.0807 e. The molecule has 0 aliphatic heterocycles. The zero-order valence-electron chi connectivity index (χ0n) is 9.52. The molecule has 2 nitrogen and oxygen atoms in total. The van der Waals surface area contributed by atoms with Crippen molar-refractivity contribution in [2.45, 2.75) is 39.0 Å². The quantitative estimate of drug-likeness (QED) is 0.493. The van der Waals surface area contributed by atoms with Gasteiger partial charge in [-0.25, -0.2) is 0 Å². The fourth-order valence-electron chi connectivity index (χ4n) is 1.42. The largest absolute Gasteiger partial charge is 0.291 e. The molecule has 1 heterocycles. The molecular weight excluding hydrogens is 184 g/mol. The lowest BCUT2D eigenvalue weighted by Crippen LogP contribution is -1.88. The molecule has 0 aliphatic carbocycles. The average molecular weight is 204 g/mol. The first-order valence-corrected chi connectivity index (χ1v) is 5.84. The van der Waals surface area contributed by atoms with Crippen LogP contribution in [-0.4, -0.2) is 17.7 Å². The van der Waals surface area contributed by atoms with Crippen molar-refractivity contribution in [2.75, 3.05) is 6.54 Å². The first kappa shape index (κ1) is 11.9. The highest BCUT2D eigenvalue weighted by molar-refractivity contribution is 5.76. The van der Waals surface area contributed by atoms with Gasteiger partial charge in [0.25, 0.3) is 0 Å². The molecule has 15 heavy (non-hydrogen) atoms. The van der Waals surface area contributed by atoms with Crippen LogP contribution in [0.4, 0.5) is 0 Å². The van der Waals surface area contributed by atoms with E-state index in [4.69, 9.17) is 0 Å². The van der Waals surface area contributed by atoms with Gasteiger partial charge in [0.2, 0.25) is 0 Å². The van der Waals surface area contributed by atoms with E-state index in [9.17, 15) is 0 Å². The van der Waals surface area contributed by atoms with Gasteiger partial charge in [0, 0.05) is 19.0 Å². The molecule has 0 spiro atoms. The maximum Gasteiger partial charge on any atom is 0.0807 e. The van der Waals surface area contributed by atoms with E-state index >= 15 is 0 Å². The molecule has 0 saturated heterocycles. The van der Waals surface area contributed by atoms with Crippen molar-refractivity contribution in [1.29, 1.82) is 0 Å². The van der Waals surface area contributed by atoms with Crippen molar-refractivity contribution in [3.63, 3.8) is 0 Å². The summed E-state index contributed by atoms with van der Waals surface area (Å²) in [5.74, 6) is 0. The number of hydrogen-bond donors (Lipinski definition) is 0. The molecule has 0 atom stereocenters. The Hall–Kier alpha value is -1.18. The van der Waals surface area contributed by atoms with Crippen LogP contribution in [0, 0.1) is 0 Å².